The number of rotatable bonds is 4. The molecule has 0 spiro atoms. The fourth-order valence-corrected chi connectivity index (χ4v) is 8.51. The standard InChI is InChI=1S/C32H30N2O4S/c1-2-23-24-17-18-29-26(19-27(24)31(35)33-30(20-38-32(23)33)21-11-5-3-6-12-21)25-15-9-10-16-28(25)34(29)39(36,37)22-13-7-4-8-14-22/h3-18,23-24,27,30,32H,2,19-20H2,1H3/t23-,24+,27-,30-,32+/m0/s1. The first-order chi connectivity index (χ1) is 19.0. The second-order valence-electron chi connectivity index (χ2n) is 10.7. The summed E-state index contributed by atoms with van der Waals surface area (Å²) in [5.41, 5.74) is 3.26. The minimum Gasteiger partial charge on any atom is -0.355 e. The van der Waals surface area contributed by atoms with Crippen molar-refractivity contribution < 1.29 is 17.9 Å². The van der Waals surface area contributed by atoms with Gasteiger partial charge in [0.2, 0.25) is 5.91 Å². The van der Waals surface area contributed by atoms with Gasteiger partial charge in [-0.1, -0.05) is 79.7 Å². The Kier molecular flexibility index (Phi) is 5.75. The summed E-state index contributed by atoms with van der Waals surface area (Å²) in [7, 11) is -3.86. The highest BCUT2D eigenvalue weighted by Crippen LogP contribution is 2.48. The molecule has 0 bridgehead atoms. The third kappa shape index (κ3) is 3.63. The van der Waals surface area contributed by atoms with E-state index in [4.69, 9.17) is 4.74 Å². The molecule has 39 heavy (non-hydrogen) atoms. The van der Waals surface area contributed by atoms with Crippen LogP contribution in [0.4, 0.5) is 0 Å². The summed E-state index contributed by atoms with van der Waals surface area (Å²) in [5.74, 6) is -0.138. The number of carbonyl (C=O) groups is 1. The van der Waals surface area contributed by atoms with Crippen molar-refractivity contribution in [2.45, 2.75) is 36.9 Å². The topological polar surface area (TPSA) is 68.6 Å². The lowest BCUT2D eigenvalue weighted by molar-refractivity contribution is -0.159. The number of carbonyl (C=O) groups excluding carboxylic acids is 1. The van der Waals surface area contributed by atoms with Crippen LogP contribution in [0.1, 0.15) is 36.2 Å². The lowest BCUT2D eigenvalue weighted by atomic mass is 9.73. The first-order valence-electron chi connectivity index (χ1n) is 13.6. The zero-order chi connectivity index (χ0) is 26.7. The summed E-state index contributed by atoms with van der Waals surface area (Å²) in [4.78, 5) is 16.5. The highest BCUT2D eigenvalue weighted by atomic mass is 32.2. The first kappa shape index (κ1) is 24.4. The molecule has 5 atom stereocenters. The zero-order valence-electron chi connectivity index (χ0n) is 21.7. The van der Waals surface area contributed by atoms with Crippen molar-refractivity contribution >= 4 is 32.9 Å². The Morgan fingerprint density at radius 1 is 0.923 bits per heavy atom. The van der Waals surface area contributed by atoms with Crippen molar-refractivity contribution in [2.75, 3.05) is 6.61 Å². The molecule has 198 valence electrons. The molecule has 2 saturated heterocycles. The second-order valence-corrected chi connectivity index (χ2v) is 12.5. The van der Waals surface area contributed by atoms with Crippen molar-refractivity contribution in [1.29, 1.82) is 0 Å². The zero-order valence-corrected chi connectivity index (χ0v) is 22.5. The third-order valence-electron chi connectivity index (χ3n) is 8.75. The van der Waals surface area contributed by atoms with E-state index in [0.29, 0.717) is 24.2 Å². The number of benzene rings is 3. The summed E-state index contributed by atoms with van der Waals surface area (Å²) in [6.45, 7) is 2.64. The molecule has 7 rings (SSSR count). The molecule has 1 amide bonds. The van der Waals surface area contributed by atoms with Crippen LogP contribution in [0.3, 0.4) is 0 Å². The van der Waals surface area contributed by atoms with Gasteiger partial charge >= 0.3 is 0 Å². The largest absolute Gasteiger partial charge is 0.355 e. The summed E-state index contributed by atoms with van der Waals surface area (Å²) >= 11 is 0. The highest BCUT2D eigenvalue weighted by Gasteiger charge is 2.53. The van der Waals surface area contributed by atoms with Gasteiger partial charge in [0.25, 0.3) is 10.0 Å². The van der Waals surface area contributed by atoms with Crippen LogP contribution in [0, 0.1) is 17.8 Å². The number of para-hydroxylation sites is 1. The lowest BCUT2D eigenvalue weighted by Crippen LogP contribution is -2.54. The lowest BCUT2D eigenvalue weighted by Gasteiger charge is -2.45. The van der Waals surface area contributed by atoms with Crippen molar-refractivity contribution in [2.24, 2.45) is 17.8 Å². The summed E-state index contributed by atoms with van der Waals surface area (Å²) < 4.78 is 35.8. The van der Waals surface area contributed by atoms with E-state index in [9.17, 15) is 13.2 Å². The van der Waals surface area contributed by atoms with Crippen LogP contribution in [0.5, 0.6) is 0 Å². The molecule has 2 aliphatic heterocycles. The quantitative estimate of drug-likeness (QED) is 0.337. The minimum atomic E-state index is -3.86. The monoisotopic (exact) mass is 538 g/mol. The second kappa shape index (κ2) is 9.21. The van der Waals surface area contributed by atoms with Crippen LogP contribution in [-0.2, 0) is 26.0 Å². The molecule has 2 fully saturated rings. The molecule has 0 saturated carbocycles. The fourth-order valence-electron chi connectivity index (χ4n) is 6.95. The third-order valence-corrected chi connectivity index (χ3v) is 10.5. The van der Waals surface area contributed by atoms with Gasteiger partial charge in [-0.15, -0.1) is 0 Å². The number of aromatic nitrogens is 1. The van der Waals surface area contributed by atoms with Crippen molar-refractivity contribution in [1.82, 2.24) is 8.87 Å². The summed E-state index contributed by atoms with van der Waals surface area (Å²) in [6, 6.07) is 26.1. The van der Waals surface area contributed by atoms with E-state index >= 15 is 0 Å². The molecule has 0 radical (unpaired) electrons. The summed E-state index contributed by atoms with van der Waals surface area (Å²) in [5, 5.41) is 0.873. The molecule has 3 aromatic carbocycles. The van der Waals surface area contributed by atoms with Crippen molar-refractivity contribution in [3.63, 3.8) is 0 Å². The predicted octanol–water partition coefficient (Wildman–Crippen LogP) is 5.65. The molecule has 0 N–H and O–H groups in total. The fraction of sp³-hybridized carbons (Fsp3) is 0.281. The number of ether oxygens (including phenoxy) is 1. The number of hydrogen-bond acceptors (Lipinski definition) is 4. The average Bonchev–Trinajstić information content (AvgIpc) is 3.49. The van der Waals surface area contributed by atoms with Crippen molar-refractivity contribution in [3.8, 4) is 0 Å². The van der Waals surface area contributed by atoms with Gasteiger partial charge in [-0.2, -0.15) is 0 Å². The number of allylic oxidation sites excluding steroid dienone is 1. The maximum Gasteiger partial charge on any atom is 0.268 e. The Labute approximate surface area is 228 Å². The molecule has 3 heterocycles. The van der Waals surface area contributed by atoms with Gasteiger partial charge in [0, 0.05) is 17.2 Å². The van der Waals surface area contributed by atoms with E-state index in [0.717, 1.165) is 22.9 Å². The number of amides is 1. The Bertz CT molecular complexity index is 1690. The van der Waals surface area contributed by atoms with E-state index in [1.807, 2.05) is 59.5 Å². The predicted molar refractivity (Wildman–Crippen MR) is 150 cm³/mol. The van der Waals surface area contributed by atoms with Crippen LogP contribution < -0.4 is 0 Å². The van der Waals surface area contributed by atoms with Gasteiger partial charge in [0.1, 0.15) is 6.23 Å². The maximum absolute atomic E-state index is 14.3. The normalized spacial score (nSPS) is 26.2. The van der Waals surface area contributed by atoms with Crippen LogP contribution >= 0.6 is 0 Å². The molecule has 7 heteroatoms. The Morgan fingerprint density at radius 2 is 1.62 bits per heavy atom. The molecule has 0 unspecified atom stereocenters. The molecule has 1 aliphatic carbocycles. The summed E-state index contributed by atoms with van der Waals surface area (Å²) in [6.07, 6.45) is 5.06. The average molecular weight is 539 g/mol. The van der Waals surface area contributed by atoms with E-state index in [2.05, 4.69) is 25.1 Å². The number of nitrogens with zero attached hydrogens (tertiary/aromatic N) is 2. The molecule has 6 nitrogen and oxygen atoms in total. The van der Waals surface area contributed by atoms with Gasteiger partial charge in [-0.3, -0.25) is 4.79 Å². The van der Waals surface area contributed by atoms with E-state index in [-0.39, 0.29) is 40.8 Å². The number of fused-ring (bicyclic) bond motifs is 5. The molecule has 4 aromatic rings. The van der Waals surface area contributed by atoms with Gasteiger partial charge in [0.15, 0.2) is 0 Å². The SMILES string of the molecule is CC[C@H]1[C@H]2C=Cc3c(c4ccccc4n3S(=O)(=O)c3ccccc3)C[C@@H]2C(=O)N2[C@@H]1OC[C@H]2c1ccccc1. The Balaban J connectivity index is 1.38. The minimum absolute atomic E-state index is 0.0442. The smallest absolute Gasteiger partial charge is 0.268 e. The van der Waals surface area contributed by atoms with Crippen LogP contribution in [0.2, 0.25) is 0 Å². The maximum atomic E-state index is 14.3. The van der Waals surface area contributed by atoms with Gasteiger partial charge in [-0.25, -0.2) is 12.4 Å². The number of piperidine rings is 1. The van der Waals surface area contributed by atoms with Gasteiger partial charge in [0.05, 0.1) is 28.8 Å². The molecular formula is C32H30N2O4S. The highest BCUT2D eigenvalue weighted by molar-refractivity contribution is 7.90. The van der Waals surface area contributed by atoms with E-state index < -0.39 is 10.0 Å². The van der Waals surface area contributed by atoms with Crippen LogP contribution in [-0.4, -0.2) is 36.0 Å². The van der Waals surface area contributed by atoms with Gasteiger partial charge < -0.3 is 9.64 Å². The van der Waals surface area contributed by atoms with Crippen LogP contribution in [0.25, 0.3) is 17.0 Å². The molecule has 3 aliphatic rings. The molecule has 1 aromatic heterocycles. The molecular weight excluding hydrogens is 508 g/mol. The van der Waals surface area contributed by atoms with Crippen LogP contribution in [0.15, 0.2) is 95.9 Å². The Hall–Kier alpha value is -3.68. The van der Waals surface area contributed by atoms with E-state index in [1.54, 1.807) is 24.3 Å². The van der Waals surface area contributed by atoms with E-state index in [1.165, 1.54) is 3.97 Å². The van der Waals surface area contributed by atoms with Gasteiger partial charge in [-0.05, 0) is 54.2 Å². The Morgan fingerprint density at radius 3 is 2.36 bits per heavy atom. The first-order valence-corrected chi connectivity index (χ1v) is 15.0. The number of hydrogen-bond donors (Lipinski definition) is 0. The van der Waals surface area contributed by atoms with Crippen molar-refractivity contribution in [3.05, 3.63) is 108 Å².